The molecule has 2 aromatic rings. The Morgan fingerprint density at radius 3 is 2.50 bits per heavy atom. The number of hydrogen-bond acceptors (Lipinski definition) is 3. The van der Waals surface area contributed by atoms with Gasteiger partial charge >= 0.3 is 6.03 Å². The van der Waals surface area contributed by atoms with Crippen molar-refractivity contribution in [2.45, 2.75) is 20.3 Å². The van der Waals surface area contributed by atoms with Crippen molar-refractivity contribution in [3.05, 3.63) is 53.6 Å². The number of methoxy groups -OCH3 is 1. The van der Waals surface area contributed by atoms with Crippen molar-refractivity contribution >= 4 is 17.4 Å². The van der Waals surface area contributed by atoms with Crippen LogP contribution in [0.2, 0.25) is 0 Å². The Morgan fingerprint density at radius 2 is 1.81 bits per heavy atom. The van der Waals surface area contributed by atoms with Crippen LogP contribution in [0.3, 0.4) is 0 Å². The molecule has 1 saturated heterocycles. The van der Waals surface area contributed by atoms with Crippen LogP contribution in [0.1, 0.15) is 18.1 Å². The minimum absolute atomic E-state index is 0.0744. The lowest BCUT2D eigenvalue weighted by atomic mass is 10.0. The van der Waals surface area contributed by atoms with E-state index in [0.29, 0.717) is 24.5 Å². The van der Waals surface area contributed by atoms with Crippen molar-refractivity contribution in [3.8, 4) is 5.75 Å². The number of urea groups is 1. The standard InChI is InChI=1S/C21H27N3O2/c1-4-17-9-7-8-16(2)20(17)23-12-14-24(15-13-23)21(25)22-18-10-5-6-11-19(18)26-3/h5-11H,4,12-15H2,1-3H3,(H,22,25). The van der Waals surface area contributed by atoms with Gasteiger partial charge in [0.25, 0.3) is 0 Å². The number of carbonyl (C=O) groups is 1. The van der Waals surface area contributed by atoms with Crippen LogP contribution in [0.5, 0.6) is 5.75 Å². The summed E-state index contributed by atoms with van der Waals surface area (Å²) in [6.07, 6.45) is 1.02. The number of nitrogens with one attached hydrogen (secondary N) is 1. The van der Waals surface area contributed by atoms with E-state index in [1.165, 1.54) is 16.8 Å². The molecule has 2 aromatic carbocycles. The van der Waals surface area contributed by atoms with Gasteiger partial charge in [-0.05, 0) is 36.6 Å². The zero-order chi connectivity index (χ0) is 18.5. The molecule has 0 spiro atoms. The number of aryl methyl sites for hydroxylation is 2. The largest absolute Gasteiger partial charge is 0.495 e. The highest BCUT2D eigenvalue weighted by Crippen LogP contribution is 2.27. The van der Waals surface area contributed by atoms with Crippen LogP contribution in [0.25, 0.3) is 0 Å². The van der Waals surface area contributed by atoms with Gasteiger partial charge in [-0.1, -0.05) is 37.3 Å². The van der Waals surface area contributed by atoms with Crippen LogP contribution in [-0.4, -0.2) is 44.2 Å². The third kappa shape index (κ3) is 3.77. The topological polar surface area (TPSA) is 44.8 Å². The van der Waals surface area contributed by atoms with Gasteiger partial charge in [-0.2, -0.15) is 0 Å². The summed E-state index contributed by atoms with van der Waals surface area (Å²) in [5, 5.41) is 2.96. The predicted octanol–water partition coefficient (Wildman–Crippen LogP) is 3.92. The number of para-hydroxylation sites is 3. The molecule has 0 aromatic heterocycles. The summed E-state index contributed by atoms with van der Waals surface area (Å²) in [5.74, 6) is 0.673. The first-order valence-corrected chi connectivity index (χ1v) is 9.16. The molecule has 0 unspecified atom stereocenters. The summed E-state index contributed by atoms with van der Waals surface area (Å²) < 4.78 is 5.31. The first-order valence-electron chi connectivity index (χ1n) is 9.16. The highest BCUT2D eigenvalue weighted by atomic mass is 16.5. The van der Waals surface area contributed by atoms with Gasteiger partial charge in [0, 0.05) is 31.9 Å². The molecule has 3 rings (SSSR count). The van der Waals surface area contributed by atoms with E-state index in [2.05, 4.69) is 42.3 Å². The second-order valence-electron chi connectivity index (χ2n) is 6.54. The third-order valence-corrected chi connectivity index (χ3v) is 4.93. The average molecular weight is 353 g/mol. The summed E-state index contributed by atoms with van der Waals surface area (Å²) >= 11 is 0. The minimum atomic E-state index is -0.0744. The van der Waals surface area contributed by atoms with E-state index in [-0.39, 0.29) is 6.03 Å². The SMILES string of the molecule is CCc1cccc(C)c1N1CCN(C(=O)Nc2ccccc2OC)CC1. The quantitative estimate of drug-likeness (QED) is 0.906. The van der Waals surface area contributed by atoms with Crippen LogP contribution in [-0.2, 0) is 6.42 Å². The van der Waals surface area contributed by atoms with E-state index in [1.807, 2.05) is 29.2 Å². The summed E-state index contributed by atoms with van der Waals surface area (Å²) in [6, 6.07) is 13.9. The number of rotatable bonds is 4. The maximum Gasteiger partial charge on any atom is 0.322 e. The molecule has 5 nitrogen and oxygen atoms in total. The van der Waals surface area contributed by atoms with Crippen molar-refractivity contribution in [2.24, 2.45) is 0 Å². The zero-order valence-electron chi connectivity index (χ0n) is 15.8. The fourth-order valence-electron chi connectivity index (χ4n) is 3.53. The molecule has 0 aliphatic carbocycles. The molecule has 0 saturated carbocycles. The number of carbonyl (C=O) groups excluding carboxylic acids is 1. The normalized spacial score (nSPS) is 14.3. The monoisotopic (exact) mass is 353 g/mol. The summed E-state index contributed by atoms with van der Waals surface area (Å²) in [7, 11) is 1.61. The number of piperazine rings is 1. The molecular weight excluding hydrogens is 326 g/mol. The molecule has 0 atom stereocenters. The Kier molecular flexibility index (Phi) is 5.66. The molecular formula is C21H27N3O2. The molecule has 138 valence electrons. The minimum Gasteiger partial charge on any atom is -0.495 e. The Bertz CT molecular complexity index is 768. The summed E-state index contributed by atoms with van der Waals surface area (Å²) in [5.41, 5.74) is 4.71. The summed E-state index contributed by atoms with van der Waals surface area (Å²) in [4.78, 5) is 16.9. The Hall–Kier alpha value is -2.69. The van der Waals surface area contributed by atoms with Gasteiger partial charge < -0.3 is 19.9 Å². The van der Waals surface area contributed by atoms with Crippen molar-refractivity contribution in [3.63, 3.8) is 0 Å². The van der Waals surface area contributed by atoms with Gasteiger partial charge in [-0.15, -0.1) is 0 Å². The van der Waals surface area contributed by atoms with Gasteiger partial charge in [0.05, 0.1) is 12.8 Å². The fraction of sp³-hybridized carbons (Fsp3) is 0.381. The van der Waals surface area contributed by atoms with Gasteiger partial charge in [-0.3, -0.25) is 0 Å². The lowest BCUT2D eigenvalue weighted by Gasteiger charge is -2.37. The number of hydrogen-bond donors (Lipinski definition) is 1. The Balaban J connectivity index is 1.64. The third-order valence-electron chi connectivity index (χ3n) is 4.93. The maximum atomic E-state index is 12.6. The van der Waals surface area contributed by atoms with E-state index >= 15 is 0 Å². The number of anilines is 2. The van der Waals surface area contributed by atoms with Gasteiger partial charge in [0.1, 0.15) is 5.75 Å². The van der Waals surface area contributed by atoms with Crippen LogP contribution in [0, 0.1) is 6.92 Å². The Labute approximate surface area is 155 Å². The van der Waals surface area contributed by atoms with E-state index in [9.17, 15) is 4.79 Å². The maximum absolute atomic E-state index is 12.6. The van der Waals surface area contributed by atoms with Crippen molar-refractivity contribution in [1.29, 1.82) is 0 Å². The van der Waals surface area contributed by atoms with Crippen LogP contribution < -0.4 is 15.0 Å². The molecule has 5 heteroatoms. The van der Waals surface area contributed by atoms with E-state index < -0.39 is 0 Å². The van der Waals surface area contributed by atoms with Crippen LogP contribution in [0.4, 0.5) is 16.2 Å². The molecule has 0 radical (unpaired) electrons. The molecule has 1 N–H and O–H groups in total. The Morgan fingerprint density at radius 1 is 1.08 bits per heavy atom. The second-order valence-corrected chi connectivity index (χ2v) is 6.54. The van der Waals surface area contributed by atoms with Crippen LogP contribution in [0.15, 0.2) is 42.5 Å². The van der Waals surface area contributed by atoms with E-state index in [0.717, 1.165) is 19.5 Å². The smallest absolute Gasteiger partial charge is 0.322 e. The lowest BCUT2D eigenvalue weighted by molar-refractivity contribution is 0.208. The van der Waals surface area contributed by atoms with Gasteiger partial charge in [0.15, 0.2) is 0 Å². The van der Waals surface area contributed by atoms with E-state index in [1.54, 1.807) is 7.11 Å². The average Bonchev–Trinajstić information content (AvgIpc) is 2.68. The summed E-state index contributed by atoms with van der Waals surface area (Å²) in [6.45, 7) is 7.45. The van der Waals surface area contributed by atoms with Crippen molar-refractivity contribution in [1.82, 2.24) is 4.90 Å². The molecule has 1 aliphatic rings. The fourth-order valence-corrected chi connectivity index (χ4v) is 3.53. The molecule has 0 bridgehead atoms. The number of benzene rings is 2. The highest BCUT2D eigenvalue weighted by Gasteiger charge is 2.23. The molecule has 1 fully saturated rings. The molecule has 2 amide bonds. The molecule has 1 aliphatic heterocycles. The first kappa shape index (κ1) is 18.1. The second kappa shape index (κ2) is 8.13. The number of ether oxygens (including phenoxy) is 1. The van der Waals surface area contributed by atoms with Crippen molar-refractivity contribution in [2.75, 3.05) is 43.5 Å². The number of amides is 2. The van der Waals surface area contributed by atoms with E-state index in [4.69, 9.17) is 4.74 Å². The van der Waals surface area contributed by atoms with Gasteiger partial charge in [0.2, 0.25) is 0 Å². The zero-order valence-corrected chi connectivity index (χ0v) is 15.8. The van der Waals surface area contributed by atoms with Crippen molar-refractivity contribution < 1.29 is 9.53 Å². The van der Waals surface area contributed by atoms with Gasteiger partial charge in [-0.25, -0.2) is 4.79 Å². The number of nitrogens with zero attached hydrogens (tertiary/aromatic N) is 2. The predicted molar refractivity (Wildman–Crippen MR) is 106 cm³/mol. The highest BCUT2D eigenvalue weighted by molar-refractivity contribution is 5.91. The van der Waals surface area contributed by atoms with Crippen LogP contribution >= 0.6 is 0 Å². The first-order chi connectivity index (χ1) is 12.6. The lowest BCUT2D eigenvalue weighted by Crippen LogP contribution is -2.50. The molecule has 1 heterocycles. The molecule has 26 heavy (non-hydrogen) atoms.